The molecule has 0 fully saturated rings. The zero-order chi connectivity index (χ0) is 18.5. The lowest BCUT2D eigenvalue weighted by Crippen LogP contribution is -2.34. The molecule has 0 radical (unpaired) electrons. The molecule has 3 rings (SSSR count). The van der Waals surface area contributed by atoms with Gasteiger partial charge in [0.15, 0.2) is 11.3 Å². The van der Waals surface area contributed by atoms with Crippen LogP contribution in [0.2, 0.25) is 0 Å². The molecule has 2 heterocycles. The summed E-state index contributed by atoms with van der Waals surface area (Å²) in [6.07, 6.45) is 1.60. The van der Waals surface area contributed by atoms with Crippen LogP contribution < -0.4 is 15.6 Å². The monoisotopic (exact) mass is 352 g/mol. The van der Waals surface area contributed by atoms with Crippen LogP contribution >= 0.6 is 0 Å². The van der Waals surface area contributed by atoms with Gasteiger partial charge in [0.1, 0.15) is 11.3 Å². The molecule has 3 aromatic rings. The second-order valence-corrected chi connectivity index (χ2v) is 5.58. The number of hydrogen-bond acceptors (Lipinski definition) is 5. The standard InChI is InChI=1S/C19H20N4O3/c1-3-23-17-14(9-7-11-20-17)22-16(19(23)25)18(24)21-12-13-8-5-6-10-15(13)26-4-2/h5-11H,3-4,12H2,1-2H3,(H,21,24). The fourth-order valence-electron chi connectivity index (χ4n) is 2.72. The van der Waals surface area contributed by atoms with E-state index in [1.807, 2.05) is 38.1 Å². The minimum atomic E-state index is -0.519. The molecule has 0 aliphatic carbocycles. The molecule has 1 amide bonds. The molecule has 2 aromatic heterocycles. The van der Waals surface area contributed by atoms with Crippen molar-refractivity contribution >= 4 is 17.1 Å². The van der Waals surface area contributed by atoms with Gasteiger partial charge < -0.3 is 10.1 Å². The molecular formula is C19H20N4O3. The first-order valence-electron chi connectivity index (χ1n) is 8.50. The predicted octanol–water partition coefficient (Wildman–Crippen LogP) is 2.14. The highest BCUT2D eigenvalue weighted by atomic mass is 16.5. The Labute approximate surface area is 150 Å². The largest absolute Gasteiger partial charge is 0.494 e. The highest BCUT2D eigenvalue weighted by Gasteiger charge is 2.17. The van der Waals surface area contributed by atoms with Gasteiger partial charge in [-0.1, -0.05) is 18.2 Å². The van der Waals surface area contributed by atoms with E-state index in [2.05, 4.69) is 15.3 Å². The van der Waals surface area contributed by atoms with Gasteiger partial charge in [-0.15, -0.1) is 0 Å². The van der Waals surface area contributed by atoms with E-state index in [9.17, 15) is 9.59 Å². The number of pyridine rings is 1. The van der Waals surface area contributed by atoms with Gasteiger partial charge >= 0.3 is 0 Å². The molecule has 7 heteroatoms. The quantitative estimate of drug-likeness (QED) is 0.734. The maximum atomic E-state index is 12.6. The predicted molar refractivity (Wildman–Crippen MR) is 98.3 cm³/mol. The molecule has 0 aliphatic rings. The Morgan fingerprint density at radius 2 is 2.00 bits per heavy atom. The van der Waals surface area contributed by atoms with Gasteiger partial charge in [-0.05, 0) is 32.0 Å². The van der Waals surface area contributed by atoms with Crippen LogP contribution in [0.1, 0.15) is 29.9 Å². The first-order chi connectivity index (χ1) is 12.7. The number of carbonyl (C=O) groups is 1. The van der Waals surface area contributed by atoms with E-state index in [0.29, 0.717) is 30.1 Å². The van der Waals surface area contributed by atoms with E-state index >= 15 is 0 Å². The molecule has 134 valence electrons. The Hall–Kier alpha value is -3.22. The van der Waals surface area contributed by atoms with Crippen molar-refractivity contribution in [3.63, 3.8) is 0 Å². The van der Waals surface area contributed by atoms with Gasteiger partial charge in [-0.3, -0.25) is 14.2 Å². The minimum absolute atomic E-state index is 0.138. The third kappa shape index (κ3) is 3.42. The van der Waals surface area contributed by atoms with Crippen molar-refractivity contribution in [2.45, 2.75) is 26.9 Å². The summed E-state index contributed by atoms with van der Waals surface area (Å²) in [5, 5.41) is 2.76. The average molecular weight is 352 g/mol. The Bertz CT molecular complexity index is 997. The van der Waals surface area contributed by atoms with Crippen molar-refractivity contribution in [2.24, 2.45) is 0 Å². The van der Waals surface area contributed by atoms with Crippen molar-refractivity contribution in [3.8, 4) is 5.75 Å². The smallest absolute Gasteiger partial charge is 0.283 e. The molecule has 0 bridgehead atoms. The number of aromatic nitrogens is 3. The van der Waals surface area contributed by atoms with Crippen molar-refractivity contribution in [2.75, 3.05) is 6.61 Å². The van der Waals surface area contributed by atoms with Crippen LogP contribution in [0.15, 0.2) is 47.4 Å². The van der Waals surface area contributed by atoms with Crippen molar-refractivity contribution in [1.82, 2.24) is 19.9 Å². The molecule has 0 spiro atoms. The zero-order valence-corrected chi connectivity index (χ0v) is 14.7. The number of hydrogen-bond donors (Lipinski definition) is 1. The Morgan fingerprint density at radius 1 is 1.19 bits per heavy atom. The second-order valence-electron chi connectivity index (χ2n) is 5.58. The molecular weight excluding hydrogens is 332 g/mol. The summed E-state index contributed by atoms with van der Waals surface area (Å²) in [6.45, 7) is 4.91. The maximum absolute atomic E-state index is 12.6. The lowest BCUT2D eigenvalue weighted by atomic mass is 10.2. The number of ether oxygens (including phenoxy) is 1. The fourth-order valence-corrected chi connectivity index (χ4v) is 2.72. The molecule has 7 nitrogen and oxygen atoms in total. The average Bonchev–Trinajstić information content (AvgIpc) is 2.67. The Kier molecular flexibility index (Phi) is 5.26. The summed E-state index contributed by atoms with van der Waals surface area (Å²) >= 11 is 0. The van der Waals surface area contributed by atoms with Gasteiger partial charge in [0.05, 0.1) is 6.61 Å². The maximum Gasteiger partial charge on any atom is 0.283 e. The SMILES string of the molecule is CCOc1ccccc1CNC(=O)c1nc2cccnc2n(CC)c1=O. The van der Waals surface area contributed by atoms with Crippen LogP contribution in [-0.4, -0.2) is 27.0 Å². The summed E-state index contributed by atoms with van der Waals surface area (Å²) < 4.78 is 7.00. The van der Waals surface area contributed by atoms with Crippen LogP contribution in [0, 0.1) is 0 Å². The number of nitrogens with one attached hydrogen (secondary N) is 1. The van der Waals surface area contributed by atoms with E-state index in [4.69, 9.17) is 4.74 Å². The van der Waals surface area contributed by atoms with Gasteiger partial charge in [0.25, 0.3) is 11.5 Å². The van der Waals surface area contributed by atoms with E-state index < -0.39 is 11.5 Å². The Morgan fingerprint density at radius 3 is 2.77 bits per heavy atom. The first kappa shape index (κ1) is 17.6. The first-order valence-corrected chi connectivity index (χ1v) is 8.50. The zero-order valence-electron chi connectivity index (χ0n) is 14.7. The molecule has 1 aromatic carbocycles. The van der Waals surface area contributed by atoms with E-state index in [1.165, 1.54) is 4.57 Å². The summed E-state index contributed by atoms with van der Waals surface area (Å²) in [5.74, 6) is 0.186. The third-order valence-electron chi connectivity index (χ3n) is 3.94. The van der Waals surface area contributed by atoms with Crippen LogP contribution in [0.3, 0.4) is 0 Å². The molecule has 26 heavy (non-hydrogen) atoms. The lowest BCUT2D eigenvalue weighted by Gasteiger charge is -2.12. The lowest BCUT2D eigenvalue weighted by molar-refractivity contribution is 0.0943. The van der Waals surface area contributed by atoms with Crippen LogP contribution in [-0.2, 0) is 13.1 Å². The fraction of sp³-hybridized carbons (Fsp3) is 0.263. The molecule has 0 atom stereocenters. The molecule has 1 N–H and O–H groups in total. The number of nitrogens with zero attached hydrogens (tertiary/aromatic N) is 3. The number of fused-ring (bicyclic) bond motifs is 1. The summed E-state index contributed by atoms with van der Waals surface area (Å²) in [6, 6.07) is 10.9. The molecule has 0 saturated heterocycles. The van der Waals surface area contributed by atoms with E-state index in [1.54, 1.807) is 18.3 Å². The molecule has 0 aliphatic heterocycles. The van der Waals surface area contributed by atoms with Crippen molar-refractivity contribution in [1.29, 1.82) is 0 Å². The molecule has 0 saturated carbocycles. The van der Waals surface area contributed by atoms with Gasteiger partial charge in [0, 0.05) is 24.8 Å². The van der Waals surface area contributed by atoms with Crippen LogP contribution in [0.4, 0.5) is 0 Å². The van der Waals surface area contributed by atoms with Crippen LogP contribution in [0.5, 0.6) is 5.75 Å². The van der Waals surface area contributed by atoms with Crippen molar-refractivity contribution < 1.29 is 9.53 Å². The summed E-state index contributed by atoms with van der Waals surface area (Å²) in [7, 11) is 0. The van der Waals surface area contributed by atoms with Gasteiger partial charge in [0.2, 0.25) is 0 Å². The van der Waals surface area contributed by atoms with Gasteiger partial charge in [-0.2, -0.15) is 0 Å². The van der Waals surface area contributed by atoms with Gasteiger partial charge in [-0.25, -0.2) is 9.97 Å². The number of carbonyl (C=O) groups excluding carboxylic acids is 1. The summed E-state index contributed by atoms with van der Waals surface area (Å²) in [4.78, 5) is 33.6. The van der Waals surface area contributed by atoms with E-state index in [-0.39, 0.29) is 12.2 Å². The number of rotatable bonds is 6. The topological polar surface area (TPSA) is 86.1 Å². The van der Waals surface area contributed by atoms with E-state index in [0.717, 1.165) is 5.56 Å². The highest BCUT2D eigenvalue weighted by molar-refractivity contribution is 5.93. The van der Waals surface area contributed by atoms with Crippen LogP contribution in [0.25, 0.3) is 11.2 Å². The summed E-state index contributed by atoms with van der Waals surface area (Å²) in [5.41, 5.74) is 1.23. The van der Waals surface area contributed by atoms with Crippen molar-refractivity contribution in [3.05, 3.63) is 64.2 Å². The normalized spacial score (nSPS) is 10.7. The highest BCUT2D eigenvalue weighted by Crippen LogP contribution is 2.17. The minimum Gasteiger partial charge on any atom is -0.494 e. The number of amides is 1. The Balaban J connectivity index is 1.89. The number of aryl methyl sites for hydroxylation is 1. The number of para-hydroxylation sites is 1. The number of benzene rings is 1. The second kappa shape index (κ2) is 7.77. The molecule has 0 unspecified atom stereocenters. The third-order valence-corrected chi connectivity index (χ3v) is 3.94.